The Hall–Kier alpha value is -0.930. The Kier molecular flexibility index (Phi) is 4.31. The first-order valence-corrected chi connectivity index (χ1v) is 6.65. The van der Waals surface area contributed by atoms with Crippen LogP contribution in [0.3, 0.4) is 0 Å². The molecule has 0 saturated carbocycles. The third-order valence-electron chi connectivity index (χ3n) is 2.32. The zero-order valence-corrected chi connectivity index (χ0v) is 10.5. The summed E-state index contributed by atoms with van der Waals surface area (Å²) in [5.41, 5.74) is 1.38. The number of hydrogen-bond acceptors (Lipinski definition) is 3. The highest BCUT2D eigenvalue weighted by Gasteiger charge is 2.02. The molecule has 0 spiro atoms. The van der Waals surface area contributed by atoms with E-state index in [1.165, 1.54) is 5.56 Å². The Labute approximate surface area is 104 Å². The van der Waals surface area contributed by atoms with E-state index in [1.807, 2.05) is 6.07 Å². The van der Waals surface area contributed by atoms with E-state index in [2.05, 4.69) is 34.5 Å². The minimum absolute atomic E-state index is 0.469. The molecule has 0 fully saturated rings. The van der Waals surface area contributed by atoms with Gasteiger partial charge in [0.2, 0.25) is 0 Å². The summed E-state index contributed by atoms with van der Waals surface area (Å²) in [6, 6.07) is 10.5. The zero-order chi connectivity index (χ0) is 11.2. The van der Waals surface area contributed by atoms with Crippen molar-refractivity contribution in [1.82, 2.24) is 10.2 Å². The second-order valence-electron chi connectivity index (χ2n) is 3.56. The molecular weight excluding hydrogens is 240 g/mol. The molecule has 1 aromatic heterocycles. The SMILES string of the molecule is ClCc1nnc(CCCc2ccccc2)s1. The van der Waals surface area contributed by atoms with Crippen LogP contribution in [0, 0.1) is 0 Å². The fraction of sp³-hybridized carbons (Fsp3) is 0.333. The molecule has 0 aliphatic carbocycles. The quantitative estimate of drug-likeness (QED) is 0.762. The normalized spacial score (nSPS) is 10.6. The van der Waals surface area contributed by atoms with E-state index in [0.29, 0.717) is 5.88 Å². The molecule has 0 radical (unpaired) electrons. The molecule has 0 aliphatic heterocycles. The second kappa shape index (κ2) is 5.97. The van der Waals surface area contributed by atoms with E-state index >= 15 is 0 Å². The lowest BCUT2D eigenvalue weighted by Gasteiger charge is -1.98. The maximum atomic E-state index is 5.68. The molecule has 4 heteroatoms. The van der Waals surface area contributed by atoms with Gasteiger partial charge in [0.05, 0.1) is 5.88 Å². The lowest BCUT2D eigenvalue weighted by molar-refractivity contribution is 0.800. The Balaban J connectivity index is 1.80. The van der Waals surface area contributed by atoms with Crippen molar-refractivity contribution in [3.63, 3.8) is 0 Å². The van der Waals surface area contributed by atoms with E-state index in [0.717, 1.165) is 29.3 Å². The fourth-order valence-electron chi connectivity index (χ4n) is 1.53. The number of aryl methyl sites for hydroxylation is 2. The van der Waals surface area contributed by atoms with Crippen molar-refractivity contribution < 1.29 is 0 Å². The van der Waals surface area contributed by atoms with Crippen molar-refractivity contribution in [3.8, 4) is 0 Å². The van der Waals surface area contributed by atoms with Gasteiger partial charge in [0.15, 0.2) is 0 Å². The number of hydrogen-bond donors (Lipinski definition) is 0. The molecule has 0 N–H and O–H groups in total. The molecule has 2 aromatic rings. The smallest absolute Gasteiger partial charge is 0.132 e. The zero-order valence-electron chi connectivity index (χ0n) is 8.90. The minimum Gasteiger partial charge on any atom is -0.144 e. The van der Waals surface area contributed by atoms with Crippen molar-refractivity contribution in [3.05, 3.63) is 45.9 Å². The summed E-state index contributed by atoms with van der Waals surface area (Å²) in [4.78, 5) is 0. The number of benzene rings is 1. The highest BCUT2D eigenvalue weighted by atomic mass is 35.5. The Morgan fingerprint density at radius 2 is 1.75 bits per heavy atom. The van der Waals surface area contributed by atoms with Crippen LogP contribution in [0.2, 0.25) is 0 Å². The molecule has 0 aliphatic rings. The van der Waals surface area contributed by atoms with Crippen molar-refractivity contribution >= 4 is 22.9 Å². The van der Waals surface area contributed by atoms with Crippen LogP contribution in [0.15, 0.2) is 30.3 Å². The molecule has 2 rings (SSSR count). The third-order valence-corrected chi connectivity index (χ3v) is 3.72. The Bertz CT molecular complexity index is 428. The number of rotatable bonds is 5. The number of aromatic nitrogens is 2. The van der Waals surface area contributed by atoms with Crippen molar-refractivity contribution in [1.29, 1.82) is 0 Å². The number of alkyl halides is 1. The summed E-state index contributed by atoms with van der Waals surface area (Å²) in [6.07, 6.45) is 3.20. The summed E-state index contributed by atoms with van der Waals surface area (Å²) in [5, 5.41) is 10.1. The summed E-state index contributed by atoms with van der Waals surface area (Å²) in [7, 11) is 0. The molecule has 0 atom stereocenters. The topological polar surface area (TPSA) is 25.8 Å². The Morgan fingerprint density at radius 3 is 2.44 bits per heavy atom. The first-order valence-electron chi connectivity index (χ1n) is 5.29. The number of nitrogens with zero attached hydrogens (tertiary/aromatic N) is 2. The summed E-state index contributed by atoms with van der Waals surface area (Å²) in [6.45, 7) is 0. The van der Waals surface area contributed by atoms with E-state index in [1.54, 1.807) is 11.3 Å². The highest BCUT2D eigenvalue weighted by Crippen LogP contribution is 2.14. The van der Waals surface area contributed by atoms with Crippen molar-refractivity contribution in [2.45, 2.75) is 25.1 Å². The van der Waals surface area contributed by atoms with Crippen LogP contribution in [-0.2, 0) is 18.7 Å². The molecule has 1 aromatic carbocycles. The van der Waals surface area contributed by atoms with E-state index < -0.39 is 0 Å². The minimum atomic E-state index is 0.469. The molecule has 1 heterocycles. The van der Waals surface area contributed by atoms with Crippen LogP contribution in [0.1, 0.15) is 22.0 Å². The highest BCUT2D eigenvalue weighted by molar-refractivity contribution is 7.11. The third kappa shape index (κ3) is 3.29. The largest absolute Gasteiger partial charge is 0.144 e. The molecule has 0 unspecified atom stereocenters. The molecule has 2 nitrogen and oxygen atoms in total. The van der Waals surface area contributed by atoms with Gasteiger partial charge in [-0.2, -0.15) is 0 Å². The monoisotopic (exact) mass is 252 g/mol. The van der Waals surface area contributed by atoms with Gasteiger partial charge < -0.3 is 0 Å². The van der Waals surface area contributed by atoms with E-state index in [9.17, 15) is 0 Å². The van der Waals surface area contributed by atoms with Gasteiger partial charge in [-0.1, -0.05) is 30.3 Å². The first-order chi connectivity index (χ1) is 7.88. The van der Waals surface area contributed by atoms with Gasteiger partial charge in [-0.15, -0.1) is 33.1 Å². The Morgan fingerprint density at radius 1 is 1.00 bits per heavy atom. The van der Waals surface area contributed by atoms with Gasteiger partial charge in [-0.05, 0) is 18.4 Å². The molecular formula is C12H13ClN2S. The number of halogens is 1. The van der Waals surface area contributed by atoms with Gasteiger partial charge in [-0.3, -0.25) is 0 Å². The molecule has 0 saturated heterocycles. The van der Waals surface area contributed by atoms with Gasteiger partial charge in [0.25, 0.3) is 0 Å². The predicted molar refractivity (Wildman–Crippen MR) is 67.9 cm³/mol. The van der Waals surface area contributed by atoms with Crippen LogP contribution < -0.4 is 0 Å². The fourth-order valence-corrected chi connectivity index (χ4v) is 2.49. The van der Waals surface area contributed by atoms with Crippen LogP contribution in [0.5, 0.6) is 0 Å². The van der Waals surface area contributed by atoms with Crippen molar-refractivity contribution in [2.75, 3.05) is 0 Å². The lowest BCUT2D eigenvalue weighted by atomic mass is 10.1. The van der Waals surface area contributed by atoms with Crippen LogP contribution in [-0.4, -0.2) is 10.2 Å². The molecule has 16 heavy (non-hydrogen) atoms. The maximum absolute atomic E-state index is 5.68. The van der Waals surface area contributed by atoms with Crippen LogP contribution in [0.4, 0.5) is 0 Å². The van der Waals surface area contributed by atoms with Gasteiger partial charge in [0, 0.05) is 6.42 Å². The van der Waals surface area contributed by atoms with Crippen LogP contribution in [0.25, 0.3) is 0 Å². The average molecular weight is 253 g/mol. The van der Waals surface area contributed by atoms with Gasteiger partial charge >= 0.3 is 0 Å². The standard InChI is InChI=1S/C12H13ClN2S/c13-9-12-15-14-11(16-12)8-4-7-10-5-2-1-3-6-10/h1-3,5-6H,4,7-9H2. The molecule has 84 valence electrons. The molecule has 0 bridgehead atoms. The van der Waals surface area contributed by atoms with E-state index in [4.69, 9.17) is 11.6 Å². The summed E-state index contributed by atoms with van der Waals surface area (Å²) < 4.78 is 0. The lowest BCUT2D eigenvalue weighted by Crippen LogP contribution is -1.89. The maximum Gasteiger partial charge on any atom is 0.132 e. The first kappa shape index (κ1) is 11.6. The van der Waals surface area contributed by atoms with E-state index in [-0.39, 0.29) is 0 Å². The summed E-state index contributed by atoms with van der Waals surface area (Å²) >= 11 is 7.29. The predicted octanol–water partition coefficient (Wildman–Crippen LogP) is 3.45. The summed E-state index contributed by atoms with van der Waals surface area (Å²) in [5.74, 6) is 0.469. The second-order valence-corrected chi connectivity index (χ2v) is 4.98. The van der Waals surface area contributed by atoms with Gasteiger partial charge in [-0.25, -0.2) is 0 Å². The van der Waals surface area contributed by atoms with Gasteiger partial charge in [0.1, 0.15) is 10.0 Å². The van der Waals surface area contributed by atoms with Crippen LogP contribution >= 0.6 is 22.9 Å². The molecule has 0 amide bonds. The van der Waals surface area contributed by atoms with Crippen molar-refractivity contribution in [2.24, 2.45) is 0 Å². The average Bonchev–Trinajstić information content (AvgIpc) is 2.78.